The van der Waals surface area contributed by atoms with Crippen LogP contribution in [0.4, 0.5) is 11.4 Å². The van der Waals surface area contributed by atoms with E-state index in [1.165, 1.54) is 97.1 Å². The number of aliphatic hydroxyl groups is 2. The summed E-state index contributed by atoms with van der Waals surface area (Å²) in [6.45, 7) is 0. The van der Waals surface area contributed by atoms with E-state index >= 15 is 0 Å². The average molecular weight is 770 g/mol. The SMILES string of the molecule is O=C(O)C1=C(C[C@@](O)(Cc2ccc([N+](=O)[O-])cc2)c2cccc(C(=O)O)c2)SC2(C[C@@](O)(Cc3ccc([N+](=O)[O-])cc3)c3cccc(C(=O)O)c3)CC(=O)N12. The Labute approximate surface area is 315 Å². The van der Waals surface area contributed by atoms with Crippen molar-refractivity contribution < 1.29 is 54.6 Å². The fraction of sp³-hybridized carbons (Fsp3) is 0.211. The zero-order chi connectivity index (χ0) is 39.9. The molecule has 0 aliphatic carbocycles. The standard InChI is InChI=1S/C38H31N3O13S/c42-31-20-38(21-37(50,27-6-2-4-25(16-27)34(45)46)18-23-9-13-29(14-10-23)41(53)54)39(31)32(35(47)48)30(55-38)19-36(49,26-5-1-3-24(15-26)33(43)44)17-22-7-11-28(12-8-22)40(51)52/h1-16,49-50H,17-21H2,(H,43,44)(H,45,46)(H,47,48)/t36-,37-,38?/m0/s1. The van der Waals surface area contributed by atoms with Crippen molar-refractivity contribution in [3.05, 3.63) is 161 Å². The van der Waals surface area contributed by atoms with Crippen molar-refractivity contribution in [2.24, 2.45) is 0 Å². The largest absolute Gasteiger partial charge is 0.478 e. The second kappa shape index (κ2) is 14.4. The van der Waals surface area contributed by atoms with E-state index in [1.807, 2.05) is 0 Å². The zero-order valence-corrected chi connectivity index (χ0v) is 29.3. The molecule has 1 unspecified atom stereocenters. The van der Waals surface area contributed by atoms with Crippen LogP contribution in [0.3, 0.4) is 0 Å². The van der Waals surface area contributed by atoms with Gasteiger partial charge in [-0.25, -0.2) is 14.4 Å². The van der Waals surface area contributed by atoms with Gasteiger partial charge in [0.05, 0.1) is 38.6 Å². The topological polar surface area (TPSA) is 259 Å². The number of amides is 1. The van der Waals surface area contributed by atoms with Gasteiger partial charge in [0.25, 0.3) is 11.4 Å². The molecule has 1 saturated heterocycles. The van der Waals surface area contributed by atoms with Gasteiger partial charge < -0.3 is 25.5 Å². The summed E-state index contributed by atoms with van der Waals surface area (Å²) in [6, 6.07) is 21.4. The van der Waals surface area contributed by atoms with Crippen molar-refractivity contribution in [3.63, 3.8) is 0 Å². The molecule has 282 valence electrons. The Hall–Kier alpha value is -6.43. The number of carbonyl (C=O) groups is 4. The Balaban J connectivity index is 1.42. The van der Waals surface area contributed by atoms with E-state index in [-0.39, 0.29) is 64.2 Å². The summed E-state index contributed by atoms with van der Waals surface area (Å²) in [4.78, 5) is 71.1. The molecule has 17 heteroatoms. The first-order valence-corrected chi connectivity index (χ1v) is 17.3. The summed E-state index contributed by atoms with van der Waals surface area (Å²) in [5.74, 6) is -4.72. The maximum atomic E-state index is 13.3. The minimum absolute atomic E-state index is 0.0143. The number of non-ortho nitro benzene ring substituents is 2. The number of carbonyl (C=O) groups excluding carboxylic acids is 1. The lowest BCUT2D eigenvalue weighted by atomic mass is 9.78. The maximum absolute atomic E-state index is 13.3. The molecule has 0 aromatic heterocycles. The number of nitro benzene ring substituents is 2. The van der Waals surface area contributed by atoms with E-state index in [4.69, 9.17) is 0 Å². The van der Waals surface area contributed by atoms with Crippen molar-refractivity contribution in [2.75, 3.05) is 0 Å². The molecule has 0 saturated carbocycles. The molecule has 1 amide bonds. The number of carboxylic acids is 3. The minimum atomic E-state index is -2.04. The Kier molecular flexibility index (Phi) is 10.0. The molecule has 16 nitrogen and oxygen atoms in total. The third-order valence-electron chi connectivity index (χ3n) is 9.69. The minimum Gasteiger partial charge on any atom is -0.478 e. The monoisotopic (exact) mass is 769 g/mol. The number of carboxylic acid groups (broad SMARTS) is 3. The van der Waals surface area contributed by atoms with E-state index in [1.54, 1.807) is 0 Å². The smallest absolute Gasteiger partial charge is 0.353 e. The molecule has 6 rings (SSSR count). The van der Waals surface area contributed by atoms with Gasteiger partial charge in [0.1, 0.15) is 10.6 Å². The predicted octanol–water partition coefficient (Wildman–Crippen LogP) is 5.21. The number of hydrogen-bond acceptors (Lipinski definition) is 11. The zero-order valence-electron chi connectivity index (χ0n) is 28.5. The van der Waals surface area contributed by atoms with Gasteiger partial charge in [0.15, 0.2) is 0 Å². The van der Waals surface area contributed by atoms with Crippen LogP contribution in [0.15, 0.2) is 108 Å². The summed E-state index contributed by atoms with van der Waals surface area (Å²) in [6.07, 6.45) is -1.60. The molecule has 2 heterocycles. The fourth-order valence-electron chi connectivity index (χ4n) is 7.14. The molecule has 0 spiro atoms. The molecule has 5 N–H and O–H groups in total. The average Bonchev–Trinajstić information content (AvgIpc) is 3.38. The highest BCUT2D eigenvalue weighted by Gasteiger charge is 2.63. The third-order valence-corrected chi connectivity index (χ3v) is 11.1. The molecule has 0 radical (unpaired) electrons. The highest BCUT2D eigenvalue weighted by atomic mass is 32.2. The number of nitrogens with zero attached hydrogens (tertiary/aromatic N) is 3. The van der Waals surface area contributed by atoms with E-state index in [0.717, 1.165) is 16.7 Å². The van der Waals surface area contributed by atoms with Crippen molar-refractivity contribution in [1.82, 2.24) is 4.90 Å². The lowest BCUT2D eigenvalue weighted by Crippen LogP contribution is -2.61. The van der Waals surface area contributed by atoms with Gasteiger partial charge in [-0.05, 0) is 46.5 Å². The molecular formula is C38H31N3O13S. The maximum Gasteiger partial charge on any atom is 0.353 e. The number of β-lactam (4-membered cyclic amide) rings is 1. The molecule has 0 bridgehead atoms. The van der Waals surface area contributed by atoms with Gasteiger partial charge in [-0.2, -0.15) is 0 Å². The molecule has 3 atom stereocenters. The first-order valence-electron chi connectivity index (χ1n) is 16.5. The van der Waals surface area contributed by atoms with Gasteiger partial charge in [-0.1, -0.05) is 60.3 Å². The number of aliphatic carboxylic acids is 1. The second-order valence-electron chi connectivity index (χ2n) is 13.4. The first-order chi connectivity index (χ1) is 25.9. The van der Waals surface area contributed by atoms with Crippen LogP contribution in [0.5, 0.6) is 0 Å². The van der Waals surface area contributed by atoms with E-state index < -0.39 is 61.9 Å². The van der Waals surface area contributed by atoms with Crippen LogP contribution in [-0.2, 0) is 33.6 Å². The van der Waals surface area contributed by atoms with Crippen molar-refractivity contribution in [3.8, 4) is 0 Å². The summed E-state index contributed by atoms with van der Waals surface area (Å²) >= 11 is 0.919. The first kappa shape index (κ1) is 38.3. The number of rotatable bonds is 15. The van der Waals surface area contributed by atoms with Crippen LogP contribution in [-0.4, -0.2) is 69.0 Å². The van der Waals surface area contributed by atoms with Gasteiger partial charge in [0, 0.05) is 54.9 Å². The highest BCUT2D eigenvalue weighted by molar-refractivity contribution is 8.04. The molecule has 1 fully saturated rings. The Morgan fingerprint density at radius 3 is 1.56 bits per heavy atom. The molecule has 2 aliphatic heterocycles. The summed E-state index contributed by atoms with van der Waals surface area (Å²) in [5, 5.41) is 77.6. The van der Waals surface area contributed by atoms with Gasteiger partial charge in [-0.3, -0.25) is 29.9 Å². The van der Waals surface area contributed by atoms with Crippen molar-refractivity contribution in [1.29, 1.82) is 0 Å². The number of fused-ring (bicyclic) bond motifs is 1. The van der Waals surface area contributed by atoms with E-state index in [9.17, 15) is 64.9 Å². The highest BCUT2D eigenvalue weighted by Crippen LogP contribution is 2.61. The normalized spacial score (nSPS) is 18.4. The van der Waals surface area contributed by atoms with Crippen molar-refractivity contribution >= 4 is 47.0 Å². The van der Waals surface area contributed by atoms with Crippen LogP contribution in [0, 0.1) is 20.2 Å². The Bertz CT molecular complexity index is 2300. The lowest BCUT2D eigenvalue weighted by Gasteiger charge is -2.50. The number of benzene rings is 4. The van der Waals surface area contributed by atoms with Crippen LogP contribution in [0.25, 0.3) is 0 Å². The Morgan fingerprint density at radius 1 is 0.691 bits per heavy atom. The summed E-state index contributed by atoms with van der Waals surface area (Å²) < 4.78 is 0. The van der Waals surface area contributed by atoms with Crippen LogP contribution in [0.2, 0.25) is 0 Å². The number of thioether (sulfide) groups is 1. The number of aromatic carboxylic acids is 2. The quantitative estimate of drug-likeness (QED) is 0.0591. The lowest BCUT2D eigenvalue weighted by molar-refractivity contribution is -0.385. The summed E-state index contributed by atoms with van der Waals surface area (Å²) in [5.41, 5.74) is -4.28. The molecule has 2 aliphatic rings. The van der Waals surface area contributed by atoms with Gasteiger partial charge >= 0.3 is 17.9 Å². The molecule has 4 aromatic rings. The van der Waals surface area contributed by atoms with Gasteiger partial charge in [-0.15, -0.1) is 0 Å². The van der Waals surface area contributed by atoms with Crippen LogP contribution in [0.1, 0.15) is 62.2 Å². The molecular weight excluding hydrogens is 738 g/mol. The number of hydrogen-bond donors (Lipinski definition) is 5. The second-order valence-corrected chi connectivity index (χ2v) is 14.9. The van der Waals surface area contributed by atoms with Crippen LogP contribution < -0.4 is 0 Å². The third kappa shape index (κ3) is 7.53. The Morgan fingerprint density at radius 2 is 1.15 bits per heavy atom. The fourth-order valence-corrected chi connectivity index (χ4v) is 8.98. The van der Waals surface area contributed by atoms with E-state index in [0.29, 0.717) is 11.1 Å². The summed E-state index contributed by atoms with van der Waals surface area (Å²) in [7, 11) is 0. The molecule has 4 aromatic carbocycles. The molecule has 55 heavy (non-hydrogen) atoms. The van der Waals surface area contributed by atoms with E-state index in [2.05, 4.69) is 0 Å². The van der Waals surface area contributed by atoms with Crippen molar-refractivity contribution in [2.45, 2.75) is 48.2 Å². The van der Waals surface area contributed by atoms with Crippen LogP contribution >= 0.6 is 11.8 Å². The predicted molar refractivity (Wildman–Crippen MR) is 194 cm³/mol. The number of nitro groups is 2. The van der Waals surface area contributed by atoms with Gasteiger partial charge in [0.2, 0.25) is 5.91 Å².